The third kappa shape index (κ3) is 5.15. The van der Waals surface area contributed by atoms with E-state index in [1.54, 1.807) is 58.9 Å². The van der Waals surface area contributed by atoms with Gasteiger partial charge in [0.25, 0.3) is 0 Å². The number of nitrogens with zero attached hydrogens (tertiary/aromatic N) is 2. The first-order valence-corrected chi connectivity index (χ1v) is 13.3. The number of hydrogen-bond donors (Lipinski definition) is 1. The van der Waals surface area contributed by atoms with Crippen molar-refractivity contribution in [2.45, 2.75) is 29.5 Å². The number of anilines is 1. The molecular weight excluding hydrogens is 489 g/mol. The Morgan fingerprint density at radius 2 is 1.84 bits per heavy atom. The van der Waals surface area contributed by atoms with E-state index in [4.69, 9.17) is 23.2 Å². The molecule has 0 spiro atoms. The van der Waals surface area contributed by atoms with Crippen molar-refractivity contribution >= 4 is 56.0 Å². The zero-order chi connectivity index (χ0) is 22.7. The molecule has 1 aliphatic rings. The molecule has 1 saturated heterocycles. The van der Waals surface area contributed by atoms with E-state index in [0.29, 0.717) is 46.7 Å². The molecule has 4 rings (SSSR count). The lowest BCUT2D eigenvalue weighted by Crippen LogP contribution is -2.39. The first-order chi connectivity index (χ1) is 15.3. The summed E-state index contributed by atoms with van der Waals surface area (Å²) in [5.74, 6) is -0.165. The van der Waals surface area contributed by atoms with E-state index in [1.165, 1.54) is 11.3 Å². The van der Waals surface area contributed by atoms with Crippen molar-refractivity contribution in [3.05, 3.63) is 74.7 Å². The largest absolute Gasteiger partial charge is 0.311 e. The van der Waals surface area contributed by atoms with Crippen LogP contribution in [-0.4, -0.2) is 38.4 Å². The van der Waals surface area contributed by atoms with Crippen LogP contribution in [0.4, 0.5) is 5.69 Å². The molecule has 1 amide bonds. The second-order valence-corrected chi connectivity index (χ2v) is 11.2. The number of hydrogen-bond acceptors (Lipinski definition) is 6. The lowest BCUT2D eigenvalue weighted by Gasteiger charge is -2.18. The molecule has 1 unspecified atom stereocenters. The molecule has 0 saturated carbocycles. The molecule has 0 radical (unpaired) electrons. The van der Waals surface area contributed by atoms with Crippen molar-refractivity contribution in [2.24, 2.45) is 0 Å². The Morgan fingerprint density at radius 1 is 1.12 bits per heavy atom. The van der Waals surface area contributed by atoms with Crippen molar-refractivity contribution in [1.29, 1.82) is 0 Å². The normalized spacial score (nSPS) is 16.6. The maximum absolute atomic E-state index is 12.9. The Balaban J connectivity index is 1.36. The summed E-state index contributed by atoms with van der Waals surface area (Å²) in [5, 5.41) is 6.82. The quantitative estimate of drug-likeness (QED) is 0.487. The smallest absolute Gasteiger partial charge is 0.244 e. The second-order valence-electron chi connectivity index (χ2n) is 7.41. The van der Waals surface area contributed by atoms with Crippen LogP contribution in [0.5, 0.6) is 0 Å². The van der Waals surface area contributed by atoms with E-state index in [-0.39, 0.29) is 22.6 Å². The lowest BCUT2D eigenvalue weighted by atomic mass is 10.1. The highest BCUT2D eigenvalue weighted by Crippen LogP contribution is 2.26. The number of nitrogens with one attached hydrogen (secondary N) is 1. The summed E-state index contributed by atoms with van der Waals surface area (Å²) in [7, 11) is -3.48. The van der Waals surface area contributed by atoms with Gasteiger partial charge in [-0.15, -0.1) is 11.3 Å². The highest BCUT2D eigenvalue weighted by molar-refractivity contribution is 7.90. The van der Waals surface area contributed by atoms with Gasteiger partial charge in [0.15, 0.2) is 9.84 Å². The van der Waals surface area contributed by atoms with E-state index in [9.17, 15) is 13.2 Å². The van der Waals surface area contributed by atoms with Gasteiger partial charge in [-0.25, -0.2) is 13.4 Å². The van der Waals surface area contributed by atoms with E-state index >= 15 is 0 Å². The number of benzene rings is 2. The predicted molar refractivity (Wildman–Crippen MR) is 128 cm³/mol. The average molecular weight is 510 g/mol. The molecule has 2 heterocycles. The van der Waals surface area contributed by atoms with Gasteiger partial charge in [-0.3, -0.25) is 4.79 Å². The number of sulfone groups is 1. The SMILES string of the molecule is O=C1C(NCCc2c(Cl)cccc2Cl)CCN1c1ccc(S(=O)(=O)Cc2nccs2)cc1. The average Bonchev–Trinajstić information content (AvgIpc) is 3.40. The number of amides is 1. The number of rotatable bonds is 8. The van der Waals surface area contributed by atoms with Crippen LogP contribution in [0.15, 0.2) is 58.9 Å². The Kier molecular flexibility index (Phi) is 7.17. The summed E-state index contributed by atoms with van der Waals surface area (Å²) >= 11 is 13.7. The van der Waals surface area contributed by atoms with Crippen LogP contribution in [-0.2, 0) is 26.8 Å². The van der Waals surface area contributed by atoms with Crippen LogP contribution in [0, 0.1) is 0 Å². The molecule has 32 heavy (non-hydrogen) atoms. The van der Waals surface area contributed by atoms with Crippen molar-refractivity contribution in [3.63, 3.8) is 0 Å². The Hall–Kier alpha value is -1.97. The standard InChI is InChI=1S/C22H21Cl2N3O3S2/c23-18-2-1-3-19(24)17(18)8-10-25-20-9-12-27(22(20)28)15-4-6-16(7-5-15)32(29,30)14-21-26-11-13-31-21/h1-7,11,13,20,25H,8-10,12,14H2. The first-order valence-electron chi connectivity index (χ1n) is 10.0. The monoisotopic (exact) mass is 509 g/mol. The minimum Gasteiger partial charge on any atom is -0.311 e. The third-order valence-corrected chi connectivity index (χ3v) is 8.65. The summed E-state index contributed by atoms with van der Waals surface area (Å²) in [6.45, 7) is 1.14. The van der Waals surface area contributed by atoms with Crippen LogP contribution in [0.1, 0.15) is 17.0 Å². The van der Waals surface area contributed by atoms with E-state index in [1.807, 2.05) is 0 Å². The van der Waals surface area contributed by atoms with Crippen LogP contribution in [0.25, 0.3) is 0 Å². The number of carbonyl (C=O) groups is 1. The minimum absolute atomic E-state index is 0.0337. The van der Waals surface area contributed by atoms with Gasteiger partial charge in [-0.05, 0) is 54.8 Å². The van der Waals surface area contributed by atoms with Crippen molar-refractivity contribution in [3.8, 4) is 0 Å². The summed E-state index contributed by atoms with van der Waals surface area (Å²) in [6.07, 6.45) is 2.87. The zero-order valence-electron chi connectivity index (χ0n) is 17.0. The highest BCUT2D eigenvalue weighted by Gasteiger charge is 2.32. The summed E-state index contributed by atoms with van der Waals surface area (Å²) in [4.78, 5) is 18.8. The number of aromatic nitrogens is 1. The molecule has 10 heteroatoms. The fourth-order valence-electron chi connectivity index (χ4n) is 3.67. The number of carbonyl (C=O) groups excluding carboxylic acids is 1. The van der Waals surface area contributed by atoms with Gasteiger partial charge in [-0.2, -0.15) is 0 Å². The Labute approximate surface area is 201 Å². The minimum atomic E-state index is -3.48. The highest BCUT2D eigenvalue weighted by atomic mass is 35.5. The fourth-order valence-corrected chi connectivity index (χ4v) is 6.51. The van der Waals surface area contributed by atoms with E-state index in [0.717, 1.165) is 5.56 Å². The van der Waals surface area contributed by atoms with Crippen LogP contribution in [0.3, 0.4) is 0 Å². The first kappa shape index (κ1) is 23.2. The Morgan fingerprint density at radius 3 is 2.50 bits per heavy atom. The van der Waals surface area contributed by atoms with Crippen molar-refractivity contribution in [2.75, 3.05) is 18.0 Å². The summed E-state index contributed by atoms with van der Waals surface area (Å²) in [5.41, 5.74) is 1.54. The van der Waals surface area contributed by atoms with Gasteiger partial charge in [-0.1, -0.05) is 29.3 Å². The molecule has 0 bridgehead atoms. The molecule has 168 valence electrons. The molecule has 1 aromatic heterocycles. The lowest BCUT2D eigenvalue weighted by molar-refractivity contribution is -0.118. The van der Waals surface area contributed by atoms with Crippen LogP contribution < -0.4 is 10.2 Å². The second kappa shape index (κ2) is 9.89. The van der Waals surface area contributed by atoms with Gasteiger partial charge in [0.05, 0.1) is 10.9 Å². The van der Waals surface area contributed by atoms with Gasteiger partial charge in [0.2, 0.25) is 5.91 Å². The van der Waals surface area contributed by atoms with Gasteiger partial charge < -0.3 is 10.2 Å². The fraction of sp³-hybridized carbons (Fsp3) is 0.273. The molecule has 1 N–H and O–H groups in total. The van der Waals surface area contributed by atoms with Crippen LogP contribution in [0.2, 0.25) is 10.0 Å². The molecule has 1 atom stereocenters. The van der Waals surface area contributed by atoms with Crippen molar-refractivity contribution < 1.29 is 13.2 Å². The van der Waals surface area contributed by atoms with E-state index < -0.39 is 9.84 Å². The molecular formula is C22H21Cl2N3O3S2. The van der Waals surface area contributed by atoms with Crippen LogP contribution >= 0.6 is 34.5 Å². The van der Waals surface area contributed by atoms with Crippen molar-refractivity contribution in [1.82, 2.24) is 10.3 Å². The molecule has 6 nitrogen and oxygen atoms in total. The third-order valence-electron chi connectivity index (χ3n) is 5.34. The van der Waals surface area contributed by atoms with Gasteiger partial charge >= 0.3 is 0 Å². The molecule has 1 aliphatic heterocycles. The maximum atomic E-state index is 12.9. The maximum Gasteiger partial charge on any atom is 0.244 e. The summed E-state index contributed by atoms with van der Waals surface area (Å²) in [6, 6.07) is 11.5. The number of halogens is 2. The molecule has 2 aromatic carbocycles. The molecule has 0 aliphatic carbocycles. The predicted octanol–water partition coefficient (Wildman–Crippen LogP) is 4.36. The Bertz CT molecular complexity index is 1180. The van der Waals surface area contributed by atoms with Gasteiger partial charge in [0, 0.05) is 40.4 Å². The van der Waals surface area contributed by atoms with E-state index in [2.05, 4.69) is 10.3 Å². The zero-order valence-corrected chi connectivity index (χ0v) is 20.1. The molecule has 3 aromatic rings. The summed E-state index contributed by atoms with van der Waals surface area (Å²) < 4.78 is 25.2. The topological polar surface area (TPSA) is 79.4 Å². The van der Waals surface area contributed by atoms with Gasteiger partial charge in [0.1, 0.15) is 10.8 Å². The molecule has 1 fully saturated rings. The number of thiazole rings is 1.